The highest BCUT2D eigenvalue weighted by atomic mass is 16.5. The summed E-state index contributed by atoms with van der Waals surface area (Å²) in [4.78, 5) is 16.3. The standard InChI is InChI=1S/C17H26N2O2/c1-18(2)11-15-6-4-5-7-16(15)12-19(3)17(20)10-14-8-9-21-13-14/h4-7,14H,8-13H2,1-3H3. The van der Waals surface area contributed by atoms with E-state index in [1.807, 2.05) is 18.0 Å². The van der Waals surface area contributed by atoms with Gasteiger partial charge in [-0.05, 0) is 37.6 Å². The van der Waals surface area contributed by atoms with E-state index in [4.69, 9.17) is 4.74 Å². The molecule has 1 aliphatic heterocycles. The molecular weight excluding hydrogens is 264 g/mol. The summed E-state index contributed by atoms with van der Waals surface area (Å²) in [5, 5.41) is 0. The second-order valence-electron chi connectivity index (χ2n) is 6.19. The molecule has 0 aliphatic carbocycles. The van der Waals surface area contributed by atoms with E-state index in [0.29, 0.717) is 18.9 Å². The molecule has 0 radical (unpaired) electrons. The first-order valence-electron chi connectivity index (χ1n) is 7.59. The lowest BCUT2D eigenvalue weighted by Crippen LogP contribution is -2.28. The highest BCUT2D eigenvalue weighted by Crippen LogP contribution is 2.19. The normalized spacial score (nSPS) is 18.2. The molecule has 1 saturated heterocycles. The third-order valence-corrected chi connectivity index (χ3v) is 3.93. The Morgan fingerprint density at radius 3 is 2.43 bits per heavy atom. The van der Waals surface area contributed by atoms with Crippen LogP contribution in [-0.4, -0.2) is 50.1 Å². The van der Waals surface area contributed by atoms with Crippen LogP contribution in [0.3, 0.4) is 0 Å². The highest BCUT2D eigenvalue weighted by Gasteiger charge is 2.21. The first-order valence-corrected chi connectivity index (χ1v) is 7.59. The van der Waals surface area contributed by atoms with Gasteiger partial charge in [0.1, 0.15) is 0 Å². The van der Waals surface area contributed by atoms with Gasteiger partial charge in [0, 0.05) is 39.8 Å². The van der Waals surface area contributed by atoms with Crippen LogP contribution in [0.4, 0.5) is 0 Å². The van der Waals surface area contributed by atoms with Crippen LogP contribution < -0.4 is 0 Å². The van der Waals surface area contributed by atoms with Crippen molar-refractivity contribution in [1.82, 2.24) is 9.80 Å². The number of carbonyl (C=O) groups excluding carboxylic acids is 1. The van der Waals surface area contributed by atoms with Gasteiger partial charge in [-0.15, -0.1) is 0 Å². The maximum atomic E-state index is 12.3. The fourth-order valence-electron chi connectivity index (χ4n) is 2.70. The summed E-state index contributed by atoms with van der Waals surface area (Å²) < 4.78 is 5.34. The average Bonchev–Trinajstić information content (AvgIpc) is 2.93. The van der Waals surface area contributed by atoms with E-state index < -0.39 is 0 Å². The molecule has 1 fully saturated rings. The average molecular weight is 290 g/mol. The monoisotopic (exact) mass is 290 g/mol. The van der Waals surface area contributed by atoms with Crippen LogP contribution in [0.5, 0.6) is 0 Å². The van der Waals surface area contributed by atoms with E-state index in [2.05, 4.69) is 37.2 Å². The summed E-state index contributed by atoms with van der Waals surface area (Å²) in [6, 6.07) is 8.34. The van der Waals surface area contributed by atoms with Crippen molar-refractivity contribution in [2.75, 3.05) is 34.4 Å². The number of benzene rings is 1. The van der Waals surface area contributed by atoms with Crippen LogP contribution >= 0.6 is 0 Å². The molecule has 21 heavy (non-hydrogen) atoms. The molecule has 0 bridgehead atoms. The van der Waals surface area contributed by atoms with Crippen LogP contribution in [0.1, 0.15) is 24.0 Å². The molecule has 1 atom stereocenters. The summed E-state index contributed by atoms with van der Waals surface area (Å²) in [6.07, 6.45) is 1.61. The Balaban J connectivity index is 1.95. The number of hydrogen-bond donors (Lipinski definition) is 0. The maximum absolute atomic E-state index is 12.3. The van der Waals surface area contributed by atoms with E-state index in [1.165, 1.54) is 11.1 Å². The van der Waals surface area contributed by atoms with Gasteiger partial charge in [0.15, 0.2) is 0 Å². The van der Waals surface area contributed by atoms with Crippen molar-refractivity contribution < 1.29 is 9.53 Å². The number of ether oxygens (including phenoxy) is 1. The predicted octanol–water partition coefficient (Wildman–Crippen LogP) is 2.13. The number of nitrogens with zero attached hydrogens (tertiary/aromatic N) is 2. The minimum absolute atomic E-state index is 0.213. The van der Waals surface area contributed by atoms with Crippen molar-refractivity contribution in [3.63, 3.8) is 0 Å². The number of amides is 1. The molecule has 1 aromatic carbocycles. The van der Waals surface area contributed by atoms with Crippen molar-refractivity contribution in [1.29, 1.82) is 0 Å². The van der Waals surface area contributed by atoms with Gasteiger partial charge >= 0.3 is 0 Å². The summed E-state index contributed by atoms with van der Waals surface area (Å²) in [7, 11) is 6.02. The number of rotatable bonds is 6. The molecule has 1 aliphatic rings. The van der Waals surface area contributed by atoms with E-state index in [-0.39, 0.29) is 5.91 Å². The smallest absolute Gasteiger partial charge is 0.222 e. The molecule has 4 heteroatoms. The molecule has 1 aromatic rings. The molecule has 1 heterocycles. The summed E-state index contributed by atoms with van der Waals surface area (Å²) in [5.41, 5.74) is 2.51. The van der Waals surface area contributed by atoms with Crippen molar-refractivity contribution in [2.45, 2.75) is 25.9 Å². The van der Waals surface area contributed by atoms with Crippen LogP contribution in [0.2, 0.25) is 0 Å². The lowest BCUT2D eigenvalue weighted by atomic mass is 10.0. The zero-order valence-electron chi connectivity index (χ0n) is 13.3. The highest BCUT2D eigenvalue weighted by molar-refractivity contribution is 5.76. The van der Waals surface area contributed by atoms with Gasteiger partial charge < -0.3 is 14.5 Å². The lowest BCUT2D eigenvalue weighted by Gasteiger charge is -2.21. The lowest BCUT2D eigenvalue weighted by molar-refractivity contribution is -0.131. The van der Waals surface area contributed by atoms with Gasteiger partial charge in [-0.25, -0.2) is 0 Å². The summed E-state index contributed by atoms with van der Waals surface area (Å²) in [6.45, 7) is 3.11. The first kappa shape index (κ1) is 16.0. The van der Waals surface area contributed by atoms with Crippen LogP contribution in [-0.2, 0) is 22.6 Å². The molecule has 0 saturated carbocycles. The van der Waals surface area contributed by atoms with E-state index in [0.717, 1.165) is 26.2 Å². The largest absolute Gasteiger partial charge is 0.381 e. The van der Waals surface area contributed by atoms with E-state index >= 15 is 0 Å². The van der Waals surface area contributed by atoms with Gasteiger partial charge in [-0.3, -0.25) is 4.79 Å². The van der Waals surface area contributed by atoms with Crippen LogP contribution in [0.15, 0.2) is 24.3 Å². The minimum atomic E-state index is 0.213. The Morgan fingerprint density at radius 1 is 1.19 bits per heavy atom. The molecule has 0 aromatic heterocycles. The van der Waals surface area contributed by atoms with E-state index in [9.17, 15) is 4.79 Å². The van der Waals surface area contributed by atoms with Gasteiger partial charge in [-0.1, -0.05) is 24.3 Å². The van der Waals surface area contributed by atoms with E-state index in [1.54, 1.807) is 0 Å². The molecule has 4 nitrogen and oxygen atoms in total. The van der Waals surface area contributed by atoms with Crippen molar-refractivity contribution in [3.8, 4) is 0 Å². The van der Waals surface area contributed by atoms with Gasteiger partial charge in [0.2, 0.25) is 5.91 Å². The number of hydrogen-bond acceptors (Lipinski definition) is 3. The topological polar surface area (TPSA) is 32.8 Å². The second kappa shape index (κ2) is 7.57. The van der Waals surface area contributed by atoms with Crippen molar-refractivity contribution >= 4 is 5.91 Å². The zero-order valence-corrected chi connectivity index (χ0v) is 13.3. The van der Waals surface area contributed by atoms with Gasteiger partial charge in [-0.2, -0.15) is 0 Å². The van der Waals surface area contributed by atoms with Crippen LogP contribution in [0.25, 0.3) is 0 Å². The minimum Gasteiger partial charge on any atom is -0.381 e. The Labute approximate surface area is 127 Å². The third-order valence-electron chi connectivity index (χ3n) is 3.93. The summed E-state index contributed by atoms with van der Waals surface area (Å²) in [5.74, 6) is 0.613. The quantitative estimate of drug-likeness (QED) is 0.804. The first-order chi connectivity index (χ1) is 10.1. The second-order valence-corrected chi connectivity index (χ2v) is 6.19. The molecule has 0 N–H and O–H groups in total. The maximum Gasteiger partial charge on any atom is 0.222 e. The molecule has 1 amide bonds. The molecule has 116 valence electrons. The molecule has 0 spiro atoms. The zero-order chi connectivity index (χ0) is 15.2. The molecule has 2 rings (SSSR count). The Kier molecular flexibility index (Phi) is 5.76. The van der Waals surface area contributed by atoms with Crippen molar-refractivity contribution in [2.24, 2.45) is 5.92 Å². The number of carbonyl (C=O) groups is 1. The van der Waals surface area contributed by atoms with Gasteiger partial charge in [0.05, 0.1) is 0 Å². The fourth-order valence-corrected chi connectivity index (χ4v) is 2.70. The summed E-state index contributed by atoms with van der Waals surface area (Å²) >= 11 is 0. The fraction of sp³-hybridized carbons (Fsp3) is 0.588. The van der Waals surface area contributed by atoms with Gasteiger partial charge in [0.25, 0.3) is 0 Å². The third kappa shape index (κ3) is 4.83. The Bertz CT molecular complexity index is 468. The Morgan fingerprint density at radius 2 is 1.86 bits per heavy atom. The molecule has 1 unspecified atom stereocenters. The Hall–Kier alpha value is -1.39. The molecular formula is C17H26N2O2. The predicted molar refractivity (Wildman–Crippen MR) is 83.9 cm³/mol. The SMILES string of the molecule is CN(C)Cc1ccccc1CN(C)C(=O)CC1CCOC1. The van der Waals surface area contributed by atoms with Crippen LogP contribution in [0, 0.1) is 5.92 Å². The van der Waals surface area contributed by atoms with Crippen molar-refractivity contribution in [3.05, 3.63) is 35.4 Å².